The smallest absolute Gasteiger partial charge is 0.305 e. The van der Waals surface area contributed by atoms with Gasteiger partial charge in [0.15, 0.2) is 0 Å². The summed E-state index contributed by atoms with van der Waals surface area (Å²) in [6, 6.07) is 0. The van der Waals surface area contributed by atoms with Crippen LogP contribution in [0, 0.1) is 0 Å². The van der Waals surface area contributed by atoms with E-state index in [9.17, 15) is 4.79 Å². The summed E-state index contributed by atoms with van der Waals surface area (Å²) < 4.78 is 4.46. The van der Waals surface area contributed by atoms with Gasteiger partial charge in [-0.05, 0) is 19.4 Å². The molecule has 0 saturated heterocycles. The molecule has 0 radical (unpaired) electrons. The Morgan fingerprint density at radius 1 is 1.36 bits per heavy atom. The summed E-state index contributed by atoms with van der Waals surface area (Å²) in [5.74, 6) is -0.128. The molecule has 0 amide bonds. The molecule has 0 fully saturated rings. The Kier molecular flexibility index (Phi) is 11.3. The van der Waals surface area contributed by atoms with E-state index in [-0.39, 0.29) is 14.4 Å². The van der Waals surface area contributed by atoms with E-state index in [1.54, 1.807) is 0 Å². The molecule has 0 aliphatic heterocycles. The highest BCUT2D eigenvalue weighted by atomic mass is 16.5. The van der Waals surface area contributed by atoms with Crippen molar-refractivity contribution in [2.24, 2.45) is 5.73 Å². The molecule has 0 saturated carbocycles. The minimum Gasteiger partial charge on any atom is -0.469 e. The number of ether oxygens (including phenoxy) is 1. The standard InChI is InChI=1S/C7H15NO2.BH3/c1-10-7(9)5-3-2-4-6-8;/h2-6,8H2,1H3;1H3. The first-order chi connectivity index (χ1) is 4.81. The van der Waals surface area contributed by atoms with E-state index >= 15 is 0 Å². The number of carbonyl (C=O) groups excluding carboxylic acids is 1. The first-order valence-electron chi connectivity index (χ1n) is 3.58. The molecule has 0 atom stereocenters. The van der Waals surface area contributed by atoms with Gasteiger partial charge in [-0.2, -0.15) is 0 Å². The number of unbranched alkanes of at least 4 members (excludes halogenated alkanes) is 2. The van der Waals surface area contributed by atoms with Crippen LogP contribution in [0.2, 0.25) is 0 Å². The summed E-state index contributed by atoms with van der Waals surface area (Å²) in [5.41, 5.74) is 5.26. The third-order valence-corrected chi connectivity index (χ3v) is 1.31. The van der Waals surface area contributed by atoms with Crippen molar-refractivity contribution in [1.82, 2.24) is 0 Å². The molecule has 0 aliphatic carbocycles. The Morgan fingerprint density at radius 2 is 2.00 bits per heavy atom. The average molecular weight is 159 g/mol. The highest BCUT2D eigenvalue weighted by Gasteiger charge is 1.97. The SMILES string of the molecule is B.COC(=O)CCCCCN. The van der Waals surface area contributed by atoms with Gasteiger partial charge in [-0.1, -0.05) is 6.42 Å². The van der Waals surface area contributed by atoms with Crippen LogP contribution in [-0.2, 0) is 9.53 Å². The Hall–Kier alpha value is -0.505. The van der Waals surface area contributed by atoms with Gasteiger partial charge in [0.2, 0.25) is 0 Å². The lowest BCUT2D eigenvalue weighted by molar-refractivity contribution is -0.140. The van der Waals surface area contributed by atoms with Crippen LogP contribution < -0.4 is 5.73 Å². The minimum atomic E-state index is -0.128. The maximum Gasteiger partial charge on any atom is 0.305 e. The summed E-state index contributed by atoms with van der Waals surface area (Å²) in [4.78, 5) is 10.5. The highest BCUT2D eigenvalue weighted by molar-refractivity contribution is 5.75. The lowest BCUT2D eigenvalue weighted by atomic mass is 10.2. The van der Waals surface area contributed by atoms with Crippen LogP contribution in [0.1, 0.15) is 25.7 Å². The summed E-state index contributed by atoms with van der Waals surface area (Å²) in [6.07, 6.45) is 3.43. The van der Waals surface area contributed by atoms with E-state index in [0.717, 1.165) is 19.3 Å². The monoisotopic (exact) mass is 159 g/mol. The molecular weight excluding hydrogens is 141 g/mol. The molecule has 3 nitrogen and oxygen atoms in total. The van der Waals surface area contributed by atoms with Gasteiger partial charge in [0.25, 0.3) is 0 Å². The Balaban J connectivity index is 0. The number of nitrogens with two attached hydrogens (primary N) is 1. The summed E-state index contributed by atoms with van der Waals surface area (Å²) in [6.45, 7) is 0.709. The Morgan fingerprint density at radius 3 is 2.45 bits per heavy atom. The molecule has 4 heteroatoms. The molecule has 0 spiro atoms. The van der Waals surface area contributed by atoms with E-state index in [1.807, 2.05) is 0 Å². The van der Waals surface area contributed by atoms with Crippen molar-refractivity contribution in [3.8, 4) is 0 Å². The zero-order valence-corrected chi connectivity index (χ0v) is 6.43. The van der Waals surface area contributed by atoms with E-state index in [0.29, 0.717) is 13.0 Å². The van der Waals surface area contributed by atoms with Crippen LogP contribution in [-0.4, -0.2) is 28.0 Å². The Labute approximate surface area is 69.9 Å². The zero-order valence-electron chi connectivity index (χ0n) is 6.43. The number of carbonyl (C=O) groups is 1. The summed E-state index contributed by atoms with van der Waals surface area (Å²) in [7, 11) is 1.41. The molecule has 0 heterocycles. The van der Waals surface area contributed by atoms with E-state index < -0.39 is 0 Å². The van der Waals surface area contributed by atoms with Gasteiger partial charge < -0.3 is 10.5 Å². The summed E-state index contributed by atoms with van der Waals surface area (Å²) >= 11 is 0. The summed E-state index contributed by atoms with van der Waals surface area (Å²) in [5, 5.41) is 0. The van der Waals surface area contributed by atoms with Gasteiger partial charge in [0.05, 0.1) is 15.5 Å². The highest BCUT2D eigenvalue weighted by Crippen LogP contribution is 1.98. The number of esters is 1. The van der Waals surface area contributed by atoms with Crippen LogP contribution in [0.3, 0.4) is 0 Å². The number of hydrogen-bond donors (Lipinski definition) is 1. The van der Waals surface area contributed by atoms with Gasteiger partial charge in [-0.15, -0.1) is 0 Å². The molecule has 0 aromatic heterocycles. The van der Waals surface area contributed by atoms with Crippen molar-refractivity contribution < 1.29 is 9.53 Å². The predicted octanol–water partition coefficient (Wildman–Crippen LogP) is -0.505. The first-order valence-corrected chi connectivity index (χ1v) is 3.58. The molecule has 0 aliphatic rings. The van der Waals surface area contributed by atoms with Crippen molar-refractivity contribution in [2.75, 3.05) is 13.7 Å². The van der Waals surface area contributed by atoms with Gasteiger partial charge in [0.1, 0.15) is 0 Å². The van der Waals surface area contributed by atoms with E-state index in [2.05, 4.69) is 4.74 Å². The fourth-order valence-electron chi connectivity index (χ4n) is 0.693. The average Bonchev–Trinajstić information content (AvgIpc) is 1.98. The maximum atomic E-state index is 10.5. The minimum absolute atomic E-state index is 0. The van der Waals surface area contributed by atoms with Crippen LogP contribution in [0.15, 0.2) is 0 Å². The van der Waals surface area contributed by atoms with Crippen molar-refractivity contribution in [3.63, 3.8) is 0 Å². The van der Waals surface area contributed by atoms with Gasteiger partial charge in [0, 0.05) is 6.42 Å². The van der Waals surface area contributed by atoms with Crippen molar-refractivity contribution >= 4 is 14.4 Å². The van der Waals surface area contributed by atoms with E-state index in [1.165, 1.54) is 7.11 Å². The molecule has 0 unspecified atom stereocenters. The molecular formula is C7H18BNO2. The fraction of sp³-hybridized carbons (Fsp3) is 0.857. The third kappa shape index (κ3) is 9.49. The molecule has 0 aromatic rings. The molecule has 0 rings (SSSR count). The lowest BCUT2D eigenvalue weighted by Gasteiger charge is -1.97. The van der Waals surface area contributed by atoms with Crippen LogP contribution in [0.4, 0.5) is 0 Å². The fourth-order valence-corrected chi connectivity index (χ4v) is 0.693. The second-order valence-electron chi connectivity index (χ2n) is 2.18. The topological polar surface area (TPSA) is 52.3 Å². The van der Waals surface area contributed by atoms with Crippen molar-refractivity contribution in [1.29, 1.82) is 0 Å². The van der Waals surface area contributed by atoms with Crippen LogP contribution >= 0.6 is 0 Å². The van der Waals surface area contributed by atoms with Gasteiger partial charge in [-0.25, -0.2) is 0 Å². The number of rotatable bonds is 5. The normalized spacial score (nSPS) is 8.55. The largest absolute Gasteiger partial charge is 0.469 e. The second-order valence-corrected chi connectivity index (χ2v) is 2.18. The predicted molar refractivity (Wildman–Crippen MR) is 49.5 cm³/mol. The second kappa shape index (κ2) is 9.49. The molecule has 11 heavy (non-hydrogen) atoms. The molecule has 66 valence electrons. The number of hydrogen-bond acceptors (Lipinski definition) is 3. The Bertz CT molecular complexity index is 98.4. The maximum absolute atomic E-state index is 10.5. The van der Waals surface area contributed by atoms with Crippen LogP contribution in [0.5, 0.6) is 0 Å². The molecule has 0 aromatic carbocycles. The zero-order chi connectivity index (χ0) is 7.82. The molecule has 2 N–H and O–H groups in total. The number of methoxy groups -OCH3 is 1. The van der Waals surface area contributed by atoms with Crippen LogP contribution in [0.25, 0.3) is 0 Å². The third-order valence-electron chi connectivity index (χ3n) is 1.31. The van der Waals surface area contributed by atoms with Gasteiger partial charge >= 0.3 is 5.97 Å². The van der Waals surface area contributed by atoms with Gasteiger partial charge in [-0.3, -0.25) is 4.79 Å². The van der Waals surface area contributed by atoms with E-state index in [4.69, 9.17) is 5.73 Å². The van der Waals surface area contributed by atoms with Crippen molar-refractivity contribution in [3.05, 3.63) is 0 Å². The van der Waals surface area contributed by atoms with Crippen molar-refractivity contribution in [2.45, 2.75) is 25.7 Å². The quantitative estimate of drug-likeness (QED) is 0.334. The molecule has 0 bridgehead atoms. The first kappa shape index (κ1) is 13.1. The lowest BCUT2D eigenvalue weighted by Crippen LogP contribution is -2.01.